The molecule has 0 atom stereocenters. The van der Waals surface area contributed by atoms with Crippen LogP contribution in [0.5, 0.6) is 0 Å². The standard InChI is InChI=1S/C20H13ClF3NO2/c21-15-10-13(20(22,23)24)11-17(18(15)12-6-2-1-3-7-12)25-16-9-5-4-8-14(16)19(26)27/h1-11,25H,(H,26,27). The van der Waals surface area contributed by atoms with Crippen molar-refractivity contribution < 1.29 is 23.1 Å². The SMILES string of the molecule is O=C(O)c1ccccc1Nc1cc(C(F)(F)F)cc(Cl)c1-c1ccccc1. The number of anilines is 2. The second-order valence-corrected chi connectivity index (χ2v) is 6.13. The number of carboxylic acid groups (broad SMARTS) is 1. The summed E-state index contributed by atoms with van der Waals surface area (Å²) >= 11 is 6.19. The van der Waals surface area contributed by atoms with Crippen molar-refractivity contribution in [1.29, 1.82) is 0 Å². The van der Waals surface area contributed by atoms with Gasteiger partial charge < -0.3 is 10.4 Å². The number of alkyl halides is 3. The quantitative estimate of drug-likeness (QED) is 0.536. The van der Waals surface area contributed by atoms with E-state index in [1.807, 2.05) is 0 Å². The third kappa shape index (κ3) is 4.06. The number of para-hydroxylation sites is 1. The average molecular weight is 392 g/mol. The van der Waals surface area contributed by atoms with E-state index in [0.717, 1.165) is 12.1 Å². The number of rotatable bonds is 4. The first-order valence-electron chi connectivity index (χ1n) is 7.83. The van der Waals surface area contributed by atoms with Gasteiger partial charge >= 0.3 is 12.1 Å². The van der Waals surface area contributed by atoms with Crippen molar-refractivity contribution >= 4 is 28.9 Å². The van der Waals surface area contributed by atoms with E-state index in [9.17, 15) is 23.1 Å². The molecule has 0 saturated heterocycles. The molecular weight excluding hydrogens is 379 g/mol. The first-order chi connectivity index (χ1) is 12.8. The van der Waals surface area contributed by atoms with Crippen LogP contribution in [-0.2, 0) is 6.18 Å². The Kier molecular flexibility index (Phi) is 5.10. The van der Waals surface area contributed by atoms with Crippen molar-refractivity contribution in [3.05, 3.63) is 82.9 Å². The van der Waals surface area contributed by atoms with Crippen molar-refractivity contribution in [3.8, 4) is 11.1 Å². The Hall–Kier alpha value is -2.99. The second kappa shape index (κ2) is 7.32. The van der Waals surface area contributed by atoms with Crippen LogP contribution >= 0.6 is 11.6 Å². The van der Waals surface area contributed by atoms with Gasteiger partial charge in [-0.15, -0.1) is 0 Å². The van der Waals surface area contributed by atoms with Crippen molar-refractivity contribution in [3.63, 3.8) is 0 Å². The minimum atomic E-state index is -4.60. The van der Waals surface area contributed by atoms with Crippen LogP contribution in [-0.4, -0.2) is 11.1 Å². The summed E-state index contributed by atoms with van der Waals surface area (Å²) in [5.74, 6) is -1.20. The molecule has 2 N–H and O–H groups in total. The highest BCUT2D eigenvalue weighted by Crippen LogP contribution is 2.42. The highest BCUT2D eigenvalue weighted by atomic mass is 35.5. The molecule has 27 heavy (non-hydrogen) atoms. The van der Waals surface area contributed by atoms with Crippen LogP contribution < -0.4 is 5.32 Å². The Morgan fingerprint density at radius 1 is 0.926 bits per heavy atom. The lowest BCUT2D eigenvalue weighted by molar-refractivity contribution is -0.137. The third-order valence-electron chi connectivity index (χ3n) is 3.91. The van der Waals surface area contributed by atoms with Gasteiger partial charge in [0.2, 0.25) is 0 Å². The zero-order valence-corrected chi connectivity index (χ0v) is 14.5. The molecule has 0 amide bonds. The maximum absolute atomic E-state index is 13.2. The van der Waals surface area contributed by atoms with Crippen LogP contribution in [0.4, 0.5) is 24.5 Å². The van der Waals surface area contributed by atoms with E-state index in [1.54, 1.807) is 36.4 Å². The summed E-state index contributed by atoms with van der Waals surface area (Å²) in [6.45, 7) is 0. The molecule has 0 heterocycles. The van der Waals surface area contributed by atoms with Gasteiger partial charge in [0.15, 0.2) is 0 Å². The number of aromatic carboxylic acids is 1. The van der Waals surface area contributed by atoms with Crippen LogP contribution in [0.1, 0.15) is 15.9 Å². The fraction of sp³-hybridized carbons (Fsp3) is 0.0500. The molecule has 0 aliphatic rings. The summed E-state index contributed by atoms with van der Waals surface area (Å²) in [6.07, 6.45) is -4.60. The number of halogens is 4. The van der Waals surface area contributed by atoms with E-state index in [0.29, 0.717) is 11.1 Å². The first kappa shape index (κ1) is 18.8. The van der Waals surface area contributed by atoms with Crippen molar-refractivity contribution in [2.45, 2.75) is 6.18 Å². The lowest BCUT2D eigenvalue weighted by atomic mass is 10.0. The topological polar surface area (TPSA) is 49.3 Å². The van der Waals surface area contributed by atoms with Crippen molar-refractivity contribution in [1.82, 2.24) is 0 Å². The fourth-order valence-electron chi connectivity index (χ4n) is 2.69. The smallest absolute Gasteiger partial charge is 0.416 e. The van der Waals surface area contributed by atoms with E-state index in [1.165, 1.54) is 18.2 Å². The lowest BCUT2D eigenvalue weighted by Gasteiger charge is -2.18. The molecule has 0 radical (unpaired) electrons. The molecule has 7 heteroatoms. The minimum absolute atomic E-state index is 0.0646. The number of carbonyl (C=O) groups is 1. The number of carboxylic acids is 1. The summed E-state index contributed by atoms with van der Waals surface area (Å²) in [7, 11) is 0. The van der Waals surface area contributed by atoms with Gasteiger partial charge in [-0.05, 0) is 29.8 Å². The second-order valence-electron chi connectivity index (χ2n) is 5.72. The Labute approximate surface area is 158 Å². The third-order valence-corrected chi connectivity index (χ3v) is 4.20. The minimum Gasteiger partial charge on any atom is -0.478 e. The summed E-state index contributed by atoms with van der Waals surface area (Å²) in [5, 5.41) is 12.0. The van der Waals surface area contributed by atoms with Gasteiger partial charge in [0.25, 0.3) is 0 Å². The van der Waals surface area contributed by atoms with Gasteiger partial charge in [-0.1, -0.05) is 54.1 Å². The zero-order valence-electron chi connectivity index (χ0n) is 13.7. The lowest BCUT2D eigenvalue weighted by Crippen LogP contribution is -2.08. The van der Waals surface area contributed by atoms with Gasteiger partial charge in [-0.3, -0.25) is 0 Å². The van der Waals surface area contributed by atoms with Crippen LogP contribution in [0.3, 0.4) is 0 Å². The van der Waals surface area contributed by atoms with Crippen LogP contribution in [0.25, 0.3) is 11.1 Å². The number of hydrogen-bond donors (Lipinski definition) is 2. The van der Waals surface area contributed by atoms with Crippen LogP contribution in [0.15, 0.2) is 66.7 Å². The molecule has 0 bridgehead atoms. The molecule has 138 valence electrons. The molecule has 0 aliphatic heterocycles. The molecule has 3 aromatic carbocycles. The van der Waals surface area contributed by atoms with Gasteiger partial charge in [-0.2, -0.15) is 13.2 Å². The normalized spacial score (nSPS) is 11.3. The monoisotopic (exact) mass is 391 g/mol. The molecule has 0 aliphatic carbocycles. The van der Waals surface area contributed by atoms with Gasteiger partial charge in [-0.25, -0.2) is 4.79 Å². The predicted molar refractivity (Wildman–Crippen MR) is 98.6 cm³/mol. The van der Waals surface area contributed by atoms with Gasteiger partial charge in [0.1, 0.15) is 0 Å². The Morgan fingerprint density at radius 2 is 1.56 bits per heavy atom. The number of hydrogen-bond acceptors (Lipinski definition) is 2. The van der Waals surface area contributed by atoms with Crippen LogP contribution in [0, 0.1) is 0 Å². The maximum Gasteiger partial charge on any atom is 0.416 e. The fourth-order valence-corrected chi connectivity index (χ4v) is 3.02. The zero-order chi connectivity index (χ0) is 19.6. The van der Waals surface area contributed by atoms with Gasteiger partial charge in [0, 0.05) is 11.3 Å². The highest BCUT2D eigenvalue weighted by molar-refractivity contribution is 6.34. The molecule has 3 rings (SSSR count). The summed E-state index contributed by atoms with van der Waals surface area (Å²) in [6, 6.07) is 16.4. The first-order valence-corrected chi connectivity index (χ1v) is 8.20. The summed E-state index contributed by atoms with van der Waals surface area (Å²) in [5.41, 5.74) is 0.191. The van der Waals surface area contributed by atoms with E-state index in [-0.39, 0.29) is 22.0 Å². The average Bonchev–Trinajstić information content (AvgIpc) is 2.61. The van der Waals surface area contributed by atoms with E-state index < -0.39 is 17.7 Å². The maximum atomic E-state index is 13.2. The Bertz CT molecular complexity index is 988. The molecule has 0 aromatic heterocycles. The summed E-state index contributed by atoms with van der Waals surface area (Å²) in [4.78, 5) is 11.4. The van der Waals surface area contributed by atoms with E-state index in [2.05, 4.69) is 5.32 Å². The Morgan fingerprint density at radius 3 is 2.19 bits per heavy atom. The van der Waals surface area contributed by atoms with Crippen molar-refractivity contribution in [2.24, 2.45) is 0 Å². The predicted octanol–water partition coefficient (Wildman–Crippen LogP) is 6.47. The van der Waals surface area contributed by atoms with Crippen molar-refractivity contribution in [2.75, 3.05) is 5.32 Å². The number of benzene rings is 3. The Balaban J connectivity index is 2.21. The molecule has 0 spiro atoms. The van der Waals surface area contributed by atoms with E-state index in [4.69, 9.17) is 11.6 Å². The molecule has 0 fully saturated rings. The molecule has 0 unspecified atom stereocenters. The molecule has 0 saturated carbocycles. The highest BCUT2D eigenvalue weighted by Gasteiger charge is 2.32. The van der Waals surface area contributed by atoms with Crippen LogP contribution in [0.2, 0.25) is 5.02 Å². The van der Waals surface area contributed by atoms with E-state index >= 15 is 0 Å². The molecule has 3 nitrogen and oxygen atoms in total. The number of nitrogens with one attached hydrogen (secondary N) is 1. The molecule has 3 aromatic rings. The summed E-state index contributed by atoms with van der Waals surface area (Å²) < 4.78 is 39.7. The largest absolute Gasteiger partial charge is 0.478 e. The van der Waals surface area contributed by atoms with Gasteiger partial charge in [0.05, 0.1) is 21.8 Å². The molecular formula is C20H13ClF3NO2.